The van der Waals surface area contributed by atoms with E-state index < -0.39 is 0 Å². The zero-order valence-electron chi connectivity index (χ0n) is 10.2. The highest BCUT2D eigenvalue weighted by Crippen LogP contribution is 2.29. The zero-order valence-corrected chi connectivity index (χ0v) is 10.2. The van der Waals surface area contributed by atoms with E-state index in [4.69, 9.17) is 0 Å². The minimum Gasteiger partial charge on any atom is -0.505 e. The molecule has 17 heavy (non-hydrogen) atoms. The highest BCUT2D eigenvalue weighted by atomic mass is 16.3. The molecule has 3 N–H and O–H groups in total. The van der Waals surface area contributed by atoms with Gasteiger partial charge in [0.2, 0.25) is 5.91 Å². The molecule has 1 aromatic rings. The first kappa shape index (κ1) is 11.9. The highest BCUT2D eigenvalue weighted by molar-refractivity contribution is 5.94. The number of amides is 1. The van der Waals surface area contributed by atoms with Crippen LogP contribution in [0.1, 0.15) is 17.5 Å². The Balaban J connectivity index is 2.15. The molecular weight excluding hydrogens is 216 g/mol. The third-order valence-electron chi connectivity index (χ3n) is 3.13. The number of hydrogen-bond donors (Lipinski definition) is 3. The molecule has 0 saturated carbocycles. The summed E-state index contributed by atoms with van der Waals surface area (Å²) in [5.41, 5.74) is 2.32. The van der Waals surface area contributed by atoms with E-state index in [0.29, 0.717) is 5.69 Å². The van der Waals surface area contributed by atoms with Gasteiger partial charge < -0.3 is 15.7 Å². The van der Waals surface area contributed by atoms with Crippen LogP contribution in [0.5, 0.6) is 5.75 Å². The van der Waals surface area contributed by atoms with E-state index in [0.717, 1.165) is 30.6 Å². The van der Waals surface area contributed by atoms with Gasteiger partial charge >= 0.3 is 0 Å². The lowest BCUT2D eigenvalue weighted by Gasteiger charge is -2.13. The number of rotatable bonds is 2. The molecule has 1 fully saturated rings. The second kappa shape index (κ2) is 4.75. The predicted molar refractivity (Wildman–Crippen MR) is 67.2 cm³/mol. The maximum Gasteiger partial charge on any atom is 0.228 e. The third-order valence-corrected chi connectivity index (χ3v) is 3.13. The van der Waals surface area contributed by atoms with Gasteiger partial charge in [-0.05, 0) is 44.0 Å². The molecule has 1 atom stereocenters. The molecule has 4 heteroatoms. The maximum absolute atomic E-state index is 11.9. The molecule has 1 aliphatic rings. The number of nitrogens with one attached hydrogen (secondary N) is 2. The summed E-state index contributed by atoms with van der Waals surface area (Å²) in [6, 6.07) is 3.69. The first-order chi connectivity index (χ1) is 8.08. The number of aromatic hydroxyl groups is 1. The molecule has 0 aromatic heterocycles. The van der Waals surface area contributed by atoms with Crippen molar-refractivity contribution in [1.82, 2.24) is 5.32 Å². The number of phenolic OH excluding ortho intramolecular Hbond substituents is 1. The molecule has 0 aliphatic carbocycles. The van der Waals surface area contributed by atoms with Gasteiger partial charge in [-0.2, -0.15) is 0 Å². The number of benzene rings is 1. The SMILES string of the molecule is Cc1cc(C)c(O)c(NC(=O)C2CCNC2)c1. The van der Waals surface area contributed by atoms with Crippen molar-refractivity contribution in [3.05, 3.63) is 23.3 Å². The van der Waals surface area contributed by atoms with E-state index in [1.807, 2.05) is 19.9 Å². The van der Waals surface area contributed by atoms with E-state index in [1.54, 1.807) is 6.07 Å². The zero-order chi connectivity index (χ0) is 12.4. The van der Waals surface area contributed by atoms with Crippen molar-refractivity contribution < 1.29 is 9.90 Å². The van der Waals surface area contributed by atoms with Crippen LogP contribution in [0.25, 0.3) is 0 Å². The molecule has 0 bridgehead atoms. The lowest BCUT2D eigenvalue weighted by atomic mass is 10.1. The second-order valence-electron chi connectivity index (χ2n) is 4.66. The van der Waals surface area contributed by atoms with Gasteiger partial charge in [0.1, 0.15) is 5.75 Å². The van der Waals surface area contributed by atoms with E-state index in [2.05, 4.69) is 10.6 Å². The molecule has 92 valence electrons. The van der Waals surface area contributed by atoms with Crippen LogP contribution < -0.4 is 10.6 Å². The van der Waals surface area contributed by atoms with Gasteiger partial charge in [-0.25, -0.2) is 0 Å². The third kappa shape index (κ3) is 2.58. The monoisotopic (exact) mass is 234 g/mol. The Hall–Kier alpha value is -1.55. The normalized spacial score (nSPS) is 19.3. The maximum atomic E-state index is 11.9. The summed E-state index contributed by atoms with van der Waals surface area (Å²) in [5, 5.41) is 15.8. The molecule has 1 aliphatic heterocycles. The predicted octanol–water partition coefficient (Wildman–Crippen LogP) is 1.56. The Morgan fingerprint density at radius 3 is 2.88 bits per heavy atom. The van der Waals surface area contributed by atoms with Crippen molar-refractivity contribution in [2.45, 2.75) is 20.3 Å². The average molecular weight is 234 g/mol. The minimum absolute atomic E-state index is 0.00946. The van der Waals surface area contributed by atoms with Crippen LogP contribution >= 0.6 is 0 Å². The van der Waals surface area contributed by atoms with Gasteiger partial charge in [0.05, 0.1) is 11.6 Å². The Bertz CT molecular complexity index is 437. The molecule has 2 rings (SSSR count). The fourth-order valence-electron chi connectivity index (χ4n) is 2.17. The number of aryl methyl sites for hydroxylation is 2. The molecule has 1 amide bonds. The molecule has 1 heterocycles. The Morgan fingerprint density at radius 1 is 1.47 bits per heavy atom. The summed E-state index contributed by atoms with van der Waals surface area (Å²) in [6.45, 7) is 5.38. The first-order valence-corrected chi connectivity index (χ1v) is 5.89. The van der Waals surface area contributed by atoms with Crippen molar-refractivity contribution in [1.29, 1.82) is 0 Å². The van der Waals surface area contributed by atoms with Crippen molar-refractivity contribution >= 4 is 11.6 Å². The van der Waals surface area contributed by atoms with Crippen LogP contribution in [0.4, 0.5) is 5.69 Å². The molecule has 1 saturated heterocycles. The van der Waals surface area contributed by atoms with E-state index in [1.165, 1.54) is 0 Å². The topological polar surface area (TPSA) is 61.4 Å². The standard InChI is InChI=1S/C13H18N2O2/c1-8-5-9(2)12(16)11(6-8)15-13(17)10-3-4-14-7-10/h5-6,10,14,16H,3-4,7H2,1-2H3,(H,15,17). The molecule has 0 spiro atoms. The van der Waals surface area contributed by atoms with E-state index >= 15 is 0 Å². The number of phenols is 1. The smallest absolute Gasteiger partial charge is 0.228 e. The highest BCUT2D eigenvalue weighted by Gasteiger charge is 2.23. The van der Waals surface area contributed by atoms with E-state index in [-0.39, 0.29) is 17.6 Å². The fourth-order valence-corrected chi connectivity index (χ4v) is 2.17. The van der Waals surface area contributed by atoms with Crippen molar-refractivity contribution in [2.75, 3.05) is 18.4 Å². The van der Waals surface area contributed by atoms with Crippen LogP contribution in [-0.2, 0) is 4.79 Å². The first-order valence-electron chi connectivity index (χ1n) is 5.89. The lowest BCUT2D eigenvalue weighted by molar-refractivity contribution is -0.119. The van der Waals surface area contributed by atoms with Gasteiger partial charge in [0.15, 0.2) is 0 Å². The molecule has 4 nitrogen and oxygen atoms in total. The van der Waals surface area contributed by atoms with Gasteiger partial charge in [0, 0.05) is 6.54 Å². The van der Waals surface area contributed by atoms with Gasteiger partial charge in [0.25, 0.3) is 0 Å². The molecular formula is C13H18N2O2. The average Bonchev–Trinajstić information content (AvgIpc) is 2.78. The summed E-state index contributed by atoms with van der Waals surface area (Å²) in [4.78, 5) is 11.9. The van der Waals surface area contributed by atoms with Crippen LogP contribution in [-0.4, -0.2) is 24.1 Å². The number of anilines is 1. The van der Waals surface area contributed by atoms with Crippen molar-refractivity contribution in [3.8, 4) is 5.75 Å². The number of carbonyl (C=O) groups is 1. The second-order valence-corrected chi connectivity index (χ2v) is 4.66. The summed E-state index contributed by atoms with van der Waals surface area (Å²) in [5.74, 6) is 0.153. The Morgan fingerprint density at radius 2 is 2.24 bits per heavy atom. The van der Waals surface area contributed by atoms with Gasteiger partial charge in [-0.1, -0.05) is 6.07 Å². The fraction of sp³-hybridized carbons (Fsp3) is 0.462. The van der Waals surface area contributed by atoms with Crippen LogP contribution in [0.2, 0.25) is 0 Å². The summed E-state index contributed by atoms with van der Waals surface area (Å²) in [7, 11) is 0. The minimum atomic E-state index is -0.0182. The number of hydrogen-bond acceptors (Lipinski definition) is 3. The molecule has 1 aromatic carbocycles. The Kier molecular flexibility index (Phi) is 3.33. The van der Waals surface area contributed by atoms with Crippen LogP contribution in [0.3, 0.4) is 0 Å². The van der Waals surface area contributed by atoms with Gasteiger partial charge in [-0.15, -0.1) is 0 Å². The summed E-state index contributed by atoms with van der Waals surface area (Å²) >= 11 is 0. The van der Waals surface area contributed by atoms with Gasteiger partial charge in [-0.3, -0.25) is 4.79 Å². The number of carbonyl (C=O) groups excluding carboxylic acids is 1. The largest absolute Gasteiger partial charge is 0.505 e. The summed E-state index contributed by atoms with van der Waals surface area (Å²) < 4.78 is 0. The molecule has 1 unspecified atom stereocenters. The molecule has 0 radical (unpaired) electrons. The lowest BCUT2D eigenvalue weighted by Crippen LogP contribution is -2.24. The van der Waals surface area contributed by atoms with Crippen LogP contribution in [0.15, 0.2) is 12.1 Å². The Labute approximate surface area is 101 Å². The quantitative estimate of drug-likeness (QED) is 0.680. The van der Waals surface area contributed by atoms with Crippen molar-refractivity contribution in [3.63, 3.8) is 0 Å². The van der Waals surface area contributed by atoms with Crippen LogP contribution in [0, 0.1) is 19.8 Å². The van der Waals surface area contributed by atoms with Crippen molar-refractivity contribution in [2.24, 2.45) is 5.92 Å². The van der Waals surface area contributed by atoms with E-state index in [9.17, 15) is 9.90 Å². The summed E-state index contributed by atoms with van der Waals surface area (Å²) in [6.07, 6.45) is 0.859.